The first kappa shape index (κ1) is 10.3. The average molecular weight is 178 g/mol. The van der Waals surface area contributed by atoms with E-state index in [0.717, 1.165) is 18.4 Å². The number of aryl methyl sites for hydroxylation is 1. The van der Waals surface area contributed by atoms with Crippen LogP contribution in [0.3, 0.4) is 0 Å². The van der Waals surface area contributed by atoms with Crippen LogP contribution in [-0.4, -0.2) is 5.11 Å². The number of aliphatic hydroxyl groups is 1. The Morgan fingerprint density at radius 3 is 2.62 bits per heavy atom. The van der Waals surface area contributed by atoms with Crippen molar-refractivity contribution in [1.82, 2.24) is 0 Å². The molecule has 72 valence electrons. The van der Waals surface area contributed by atoms with Crippen molar-refractivity contribution in [2.24, 2.45) is 0 Å². The molecule has 0 saturated carbocycles. The predicted octanol–water partition coefficient (Wildman–Crippen LogP) is 3.00. The van der Waals surface area contributed by atoms with Crippen LogP contribution in [-0.2, 0) is 5.60 Å². The van der Waals surface area contributed by atoms with Crippen LogP contribution in [0.15, 0.2) is 24.3 Å². The lowest BCUT2D eigenvalue weighted by atomic mass is 9.90. The maximum atomic E-state index is 10.1. The Kier molecular flexibility index (Phi) is 3.10. The first-order valence-electron chi connectivity index (χ1n) is 4.86. The van der Waals surface area contributed by atoms with Gasteiger partial charge in [0.05, 0.1) is 5.60 Å². The summed E-state index contributed by atoms with van der Waals surface area (Å²) in [6, 6.07) is 8.08. The topological polar surface area (TPSA) is 20.2 Å². The normalized spacial score (nSPS) is 15.4. The summed E-state index contributed by atoms with van der Waals surface area (Å²) < 4.78 is 0. The standard InChI is InChI=1S/C12H18O/c1-4-8-12(3,13)11-7-5-6-10(2)9-11/h5-7,9,13H,4,8H2,1-3H3/t12-/m0/s1. The fourth-order valence-corrected chi connectivity index (χ4v) is 1.61. The van der Waals surface area contributed by atoms with Gasteiger partial charge >= 0.3 is 0 Å². The number of hydrogen-bond acceptors (Lipinski definition) is 1. The Morgan fingerprint density at radius 2 is 2.08 bits per heavy atom. The fourth-order valence-electron chi connectivity index (χ4n) is 1.61. The molecule has 1 atom stereocenters. The minimum absolute atomic E-state index is 0.666. The third-order valence-corrected chi connectivity index (χ3v) is 2.38. The quantitative estimate of drug-likeness (QED) is 0.754. The van der Waals surface area contributed by atoms with Crippen molar-refractivity contribution in [3.8, 4) is 0 Å². The summed E-state index contributed by atoms with van der Waals surface area (Å²) in [5.41, 5.74) is 1.56. The molecule has 1 heteroatoms. The van der Waals surface area contributed by atoms with Gasteiger partial charge < -0.3 is 5.11 Å². The van der Waals surface area contributed by atoms with E-state index in [4.69, 9.17) is 0 Å². The van der Waals surface area contributed by atoms with E-state index in [0.29, 0.717) is 0 Å². The maximum Gasteiger partial charge on any atom is 0.0868 e. The van der Waals surface area contributed by atoms with E-state index in [1.54, 1.807) is 0 Å². The van der Waals surface area contributed by atoms with E-state index >= 15 is 0 Å². The molecule has 1 rings (SSSR count). The molecule has 0 aliphatic carbocycles. The van der Waals surface area contributed by atoms with Crippen LogP contribution in [0.25, 0.3) is 0 Å². The fraction of sp³-hybridized carbons (Fsp3) is 0.500. The molecule has 13 heavy (non-hydrogen) atoms. The van der Waals surface area contributed by atoms with Gasteiger partial charge in [-0.3, -0.25) is 0 Å². The Labute approximate surface area is 80.4 Å². The molecule has 0 saturated heterocycles. The van der Waals surface area contributed by atoms with Gasteiger partial charge in [-0.1, -0.05) is 43.2 Å². The van der Waals surface area contributed by atoms with Gasteiger partial charge in [0.1, 0.15) is 0 Å². The second-order valence-corrected chi connectivity index (χ2v) is 3.89. The van der Waals surface area contributed by atoms with Crippen molar-refractivity contribution in [2.45, 2.75) is 39.2 Å². The molecule has 0 aromatic heterocycles. The van der Waals surface area contributed by atoms with Crippen molar-refractivity contribution in [1.29, 1.82) is 0 Å². The Morgan fingerprint density at radius 1 is 1.38 bits per heavy atom. The Balaban J connectivity index is 2.93. The third-order valence-electron chi connectivity index (χ3n) is 2.38. The van der Waals surface area contributed by atoms with Gasteiger partial charge in [0, 0.05) is 0 Å². The summed E-state index contributed by atoms with van der Waals surface area (Å²) in [5.74, 6) is 0. The smallest absolute Gasteiger partial charge is 0.0868 e. The van der Waals surface area contributed by atoms with Crippen LogP contribution < -0.4 is 0 Å². The van der Waals surface area contributed by atoms with E-state index in [2.05, 4.69) is 13.0 Å². The van der Waals surface area contributed by atoms with Crippen molar-refractivity contribution in [3.05, 3.63) is 35.4 Å². The molecule has 0 aliphatic rings. The number of hydrogen-bond donors (Lipinski definition) is 1. The summed E-state index contributed by atoms with van der Waals surface area (Å²) in [7, 11) is 0. The van der Waals surface area contributed by atoms with Gasteiger partial charge in [-0.2, -0.15) is 0 Å². The highest BCUT2D eigenvalue weighted by molar-refractivity contribution is 5.26. The molecule has 0 spiro atoms. The number of benzene rings is 1. The molecule has 0 heterocycles. The van der Waals surface area contributed by atoms with E-state index in [9.17, 15) is 5.11 Å². The molecule has 1 N–H and O–H groups in total. The van der Waals surface area contributed by atoms with E-state index in [1.165, 1.54) is 5.56 Å². The van der Waals surface area contributed by atoms with Crippen molar-refractivity contribution >= 4 is 0 Å². The minimum Gasteiger partial charge on any atom is -0.385 e. The highest BCUT2D eigenvalue weighted by atomic mass is 16.3. The zero-order valence-electron chi connectivity index (χ0n) is 8.67. The Hall–Kier alpha value is -0.820. The molecule has 0 amide bonds. The molecule has 0 fully saturated rings. The summed E-state index contributed by atoms with van der Waals surface area (Å²) >= 11 is 0. The van der Waals surface area contributed by atoms with Crippen LogP contribution in [0.4, 0.5) is 0 Å². The maximum absolute atomic E-state index is 10.1. The first-order chi connectivity index (χ1) is 6.06. The van der Waals surface area contributed by atoms with Gasteiger partial charge in [-0.15, -0.1) is 0 Å². The van der Waals surface area contributed by atoms with Crippen molar-refractivity contribution in [2.75, 3.05) is 0 Å². The summed E-state index contributed by atoms with van der Waals surface area (Å²) in [5, 5.41) is 10.1. The van der Waals surface area contributed by atoms with Gasteiger partial charge in [0.2, 0.25) is 0 Å². The highest BCUT2D eigenvalue weighted by Gasteiger charge is 2.21. The van der Waals surface area contributed by atoms with Crippen molar-refractivity contribution < 1.29 is 5.11 Å². The SMILES string of the molecule is CCC[C@](C)(O)c1cccc(C)c1. The summed E-state index contributed by atoms with van der Waals surface area (Å²) in [6.45, 7) is 6.01. The molecule has 0 radical (unpaired) electrons. The monoisotopic (exact) mass is 178 g/mol. The third kappa shape index (κ3) is 2.56. The van der Waals surface area contributed by atoms with Crippen molar-refractivity contribution in [3.63, 3.8) is 0 Å². The van der Waals surface area contributed by atoms with Crippen LogP contribution in [0, 0.1) is 6.92 Å². The molecule has 1 aromatic carbocycles. The van der Waals surface area contributed by atoms with Gasteiger partial charge in [0.15, 0.2) is 0 Å². The average Bonchev–Trinajstić information content (AvgIpc) is 2.04. The first-order valence-corrected chi connectivity index (χ1v) is 4.86. The lowest BCUT2D eigenvalue weighted by Crippen LogP contribution is -2.20. The van der Waals surface area contributed by atoms with Gasteiger partial charge in [0.25, 0.3) is 0 Å². The van der Waals surface area contributed by atoms with E-state index in [1.807, 2.05) is 32.0 Å². The molecular weight excluding hydrogens is 160 g/mol. The molecule has 0 aliphatic heterocycles. The highest BCUT2D eigenvalue weighted by Crippen LogP contribution is 2.25. The largest absolute Gasteiger partial charge is 0.385 e. The second-order valence-electron chi connectivity index (χ2n) is 3.89. The molecule has 1 aromatic rings. The zero-order valence-corrected chi connectivity index (χ0v) is 8.67. The lowest BCUT2D eigenvalue weighted by molar-refractivity contribution is 0.0469. The predicted molar refractivity (Wildman–Crippen MR) is 55.7 cm³/mol. The Bertz CT molecular complexity index is 276. The zero-order chi connectivity index (χ0) is 9.90. The van der Waals surface area contributed by atoms with Crippen LogP contribution in [0.2, 0.25) is 0 Å². The molecular formula is C12H18O. The lowest BCUT2D eigenvalue weighted by Gasteiger charge is -2.23. The van der Waals surface area contributed by atoms with Crippen LogP contribution >= 0.6 is 0 Å². The molecule has 0 unspecified atom stereocenters. The molecule has 1 nitrogen and oxygen atoms in total. The second kappa shape index (κ2) is 3.93. The summed E-state index contributed by atoms with van der Waals surface area (Å²) in [6.07, 6.45) is 1.82. The van der Waals surface area contributed by atoms with E-state index < -0.39 is 5.60 Å². The van der Waals surface area contributed by atoms with Gasteiger partial charge in [-0.25, -0.2) is 0 Å². The minimum atomic E-state index is -0.666. The molecule has 0 bridgehead atoms. The number of rotatable bonds is 3. The van der Waals surface area contributed by atoms with E-state index in [-0.39, 0.29) is 0 Å². The van der Waals surface area contributed by atoms with Gasteiger partial charge in [-0.05, 0) is 25.8 Å². The summed E-state index contributed by atoms with van der Waals surface area (Å²) in [4.78, 5) is 0. The van der Waals surface area contributed by atoms with Crippen LogP contribution in [0.1, 0.15) is 37.8 Å². The van der Waals surface area contributed by atoms with Crippen LogP contribution in [0.5, 0.6) is 0 Å².